The first-order valence-electron chi connectivity index (χ1n) is 13.8. The van der Waals surface area contributed by atoms with Crippen LogP contribution in [0.2, 0.25) is 0 Å². The molecule has 0 spiro atoms. The van der Waals surface area contributed by atoms with E-state index in [0.717, 1.165) is 38.4 Å². The van der Waals surface area contributed by atoms with Crippen molar-refractivity contribution in [2.45, 2.75) is 71.7 Å². The highest BCUT2D eigenvalue weighted by Crippen LogP contribution is 2.16. The Bertz CT molecular complexity index is 838. The van der Waals surface area contributed by atoms with Crippen molar-refractivity contribution in [1.82, 2.24) is 0 Å². The number of para-hydroxylation sites is 1. The number of rotatable bonds is 7. The molecule has 37 heavy (non-hydrogen) atoms. The van der Waals surface area contributed by atoms with Gasteiger partial charge in [0, 0.05) is 12.8 Å². The lowest BCUT2D eigenvalue weighted by molar-refractivity contribution is 0.263. The first-order valence-corrected chi connectivity index (χ1v) is 13.8. The Morgan fingerprint density at radius 3 is 1.19 bits per heavy atom. The predicted molar refractivity (Wildman–Crippen MR) is 153 cm³/mol. The zero-order valence-corrected chi connectivity index (χ0v) is 23.2. The van der Waals surface area contributed by atoms with Gasteiger partial charge in [-0.1, -0.05) is 119 Å². The first kappa shape index (κ1) is 30.6. The minimum atomic E-state index is 0.343. The van der Waals surface area contributed by atoms with Gasteiger partial charge in [0.05, 0.1) is 32.0 Å². The standard InChI is InChI=1S/C9H10O2.2C9H10O.2C3H8/c1-2-4-8(5-3-1)10-6-9-7-11-9;2*1-2-4-8(5-3-1)6-9-7-10-9;2*1-3-2/h1-5,9H,6-7H2;2*1-5,9H,6-7H2;2*3H2,1-2H3. The molecule has 202 valence electrons. The number of hydrogen-bond acceptors (Lipinski definition) is 4. The van der Waals surface area contributed by atoms with E-state index in [4.69, 9.17) is 18.9 Å². The van der Waals surface area contributed by atoms with Crippen LogP contribution < -0.4 is 4.74 Å². The lowest BCUT2D eigenvalue weighted by atomic mass is 10.1. The molecule has 6 rings (SSSR count). The predicted octanol–water partition coefficient (Wildman–Crippen LogP) is 7.55. The summed E-state index contributed by atoms with van der Waals surface area (Å²) >= 11 is 0. The van der Waals surface area contributed by atoms with Gasteiger partial charge in [-0.15, -0.1) is 0 Å². The Balaban J connectivity index is 0.000000177. The van der Waals surface area contributed by atoms with Gasteiger partial charge in [-0.2, -0.15) is 0 Å². The Morgan fingerprint density at radius 1 is 0.541 bits per heavy atom. The van der Waals surface area contributed by atoms with Crippen LogP contribution in [-0.2, 0) is 27.1 Å². The summed E-state index contributed by atoms with van der Waals surface area (Å²) in [7, 11) is 0. The fraction of sp³-hybridized carbons (Fsp3) is 0.455. The zero-order chi connectivity index (χ0) is 26.6. The highest BCUT2D eigenvalue weighted by molar-refractivity contribution is 5.21. The molecule has 0 saturated carbocycles. The molecule has 0 bridgehead atoms. The van der Waals surface area contributed by atoms with Crippen LogP contribution in [-0.4, -0.2) is 44.7 Å². The van der Waals surface area contributed by atoms with Crippen molar-refractivity contribution < 1.29 is 18.9 Å². The average molecular weight is 507 g/mol. The summed E-state index contributed by atoms with van der Waals surface area (Å²) in [5.41, 5.74) is 2.76. The molecular formula is C33H46O4. The number of benzene rings is 3. The third-order valence-corrected chi connectivity index (χ3v) is 5.00. The van der Waals surface area contributed by atoms with E-state index in [1.165, 1.54) is 24.0 Å². The van der Waals surface area contributed by atoms with Crippen LogP contribution in [0.5, 0.6) is 5.75 Å². The van der Waals surface area contributed by atoms with Gasteiger partial charge in [-0.05, 0) is 23.3 Å². The lowest BCUT2D eigenvalue weighted by Crippen LogP contribution is -2.03. The molecule has 3 aliphatic heterocycles. The second-order valence-electron chi connectivity index (χ2n) is 9.28. The van der Waals surface area contributed by atoms with E-state index in [1.54, 1.807) is 0 Å². The normalized spacial score (nSPS) is 19.5. The number of hydrogen-bond donors (Lipinski definition) is 0. The second-order valence-corrected chi connectivity index (χ2v) is 9.28. The molecule has 0 radical (unpaired) electrons. The van der Waals surface area contributed by atoms with Gasteiger partial charge in [0.25, 0.3) is 0 Å². The minimum absolute atomic E-state index is 0.343. The maximum Gasteiger partial charge on any atom is 0.119 e. The molecule has 3 fully saturated rings. The first-order chi connectivity index (χ1) is 18.2. The van der Waals surface area contributed by atoms with Crippen LogP contribution in [0.3, 0.4) is 0 Å². The maximum atomic E-state index is 5.40. The summed E-state index contributed by atoms with van der Waals surface area (Å²) in [6, 6.07) is 30.7. The van der Waals surface area contributed by atoms with Gasteiger partial charge < -0.3 is 18.9 Å². The second kappa shape index (κ2) is 19.5. The summed E-state index contributed by atoms with van der Waals surface area (Å²) in [5, 5.41) is 0. The molecular weight excluding hydrogens is 460 g/mol. The van der Waals surface area contributed by atoms with Crippen molar-refractivity contribution in [2.75, 3.05) is 26.4 Å². The van der Waals surface area contributed by atoms with Crippen LogP contribution in [0.4, 0.5) is 0 Å². The molecule has 0 aromatic heterocycles. The molecule has 3 aliphatic rings. The minimum Gasteiger partial charge on any atom is -0.491 e. The molecule has 3 saturated heterocycles. The molecule has 3 aromatic rings. The van der Waals surface area contributed by atoms with Crippen LogP contribution in [0.15, 0.2) is 91.0 Å². The largest absolute Gasteiger partial charge is 0.491 e. The number of ether oxygens (including phenoxy) is 4. The van der Waals surface area contributed by atoms with Gasteiger partial charge in [-0.3, -0.25) is 0 Å². The quantitative estimate of drug-likeness (QED) is 0.310. The Morgan fingerprint density at radius 2 is 0.865 bits per heavy atom. The summed E-state index contributed by atoms with van der Waals surface area (Å²) in [5.74, 6) is 0.919. The molecule has 3 unspecified atom stereocenters. The van der Waals surface area contributed by atoms with E-state index in [1.807, 2.05) is 42.5 Å². The van der Waals surface area contributed by atoms with E-state index in [-0.39, 0.29) is 0 Å². The number of epoxide rings is 3. The van der Waals surface area contributed by atoms with Crippen LogP contribution >= 0.6 is 0 Å². The lowest BCUT2D eigenvalue weighted by Gasteiger charge is -2.01. The van der Waals surface area contributed by atoms with Crippen molar-refractivity contribution in [3.63, 3.8) is 0 Å². The van der Waals surface area contributed by atoms with Gasteiger partial charge in [0.1, 0.15) is 18.5 Å². The van der Waals surface area contributed by atoms with Crippen molar-refractivity contribution in [2.24, 2.45) is 0 Å². The van der Waals surface area contributed by atoms with E-state index in [9.17, 15) is 0 Å². The summed E-state index contributed by atoms with van der Waals surface area (Å²) < 4.78 is 20.6. The highest BCUT2D eigenvalue weighted by atomic mass is 16.6. The maximum absolute atomic E-state index is 5.40. The molecule has 3 aromatic carbocycles. The van der Waals surface area contributed by atoms with Gasteiger partial charge in [-0.25, -0.2) is 0 Å². The van der Waals surface area contributed by atoms with Gasteiger partial charge in [0.2, 0.25) is 0 Å². The van der Waals surface area contributed by atoms with Crippen molar-refractivity contribution >= 4 is 0 Å². The van der Waals surface area contributed by atoms with Crippen LogP contribution in [0.25, 0.3) is 0 Å². The van der Waals surface area contributed by atoms with Crippen molar-refractivity contribution in [3.05, 3.63) is 102 Å². The molecule has 4 nitrogen and oxygen atoms in total. The summed E-state index contributed by atoms with van der Waals surface area (Å²) in [6.07, 6.45) is 6.04. The SMILES string of the molecule is CCC.CCC.c1ccc(CC2CO2)cc1.c1ccc(CC2CO2)cc1.c1ccc(OCC2CO2)cc1. The molecule has 3 atom stereocenters. The molecule has 0 N–H and O–H groups in total. The monoisotopic (exact) mass is 506 g/mol. The van der Waals surface area contributed by atoms with E-state index in [2.05, 4.69) is 76.2 Å². The van der Waals surface area contributed by atoms with Crippen molar-refractivity contribution in [1.29, 1.82) is 0 Å². The van der Waals surface area contributed by atoms with Gasteiger partial charge in [0.15, 0.2) is 0 Å². The highest BCUT2D eigenvalue weighted by Gasteiger charge is 2.23. The third kappa shape index (κ3) is 17.4. The Kier molecular flexibility index (Phi) is 16.1. The molecule has 4 heteroatoms. The van der Waals surface area contributed by atoms with E-state index in [0.29, 0.717) is 24.9 Å². The van der Waals surface area contributed by atoms with Crippen molar-refractivity contribution in [3.8, 4) is 5.75 Å². The molecule has 0 amide bonds. The van der Waals surface area contributed by atoms with Crippen LogP contribution in [0, 0.1) is 0 Å². The zero-order valence-electron chi connectivity index (χ0n) is 23.2. The Labute approximate surface area is 224 Å². The fourth-order valence-electron chi connectivity index (χ4n) is 3.00. The topological polar surface area (TPSA) is 46.8 Å². The molecule has 3 heterocycles. The van der Waals surface area contributed by atoms with E-state index < -0.39 is 0 Å². The fourth-order valence-corrected chi connectivity index (χ4v) is 3.00. The smallest absolute Gasteiger partial charge is 0.119 e. The van der Waals surface area contributed by atoms with Crippen LogP contribution in [0.1, 0.15) is 51.7 Å². The summed E-state index contributed by atoms with van der Waals surface area (Å²) in [4.78, 5) is 0. The molecule has 0 aliphatic carbocycles. The van der Waals surface area contributed by atoms with E-state index >= 15 is 0 Å². The summed E-state index contributed by atoms with van der Waals surface area (Å²) in [6.45, 7) is 11.9. The van der Waals surface area contributed by atoms with Gasteiger partial charge >= 0.3 is 0 Å². The average Bonchev–Trinajstić information content (AvgIpc) is 3.76. The Hall–Kier alpha value is -2.66. The third-order valence-electron chi connectivity index (χ3n) is 5.00.